The highest BCUT2D eigenvalue weighted by molar-refractivity contribution is 7.13. The fraction of sp³-hybridized carbons (Fsp3) is 0.360. The Hall–Kier alpha value is -2.50. The summed E-state index contributed by atoms with van der Waals surface area (Å²) < 4.78 is 0. The highest BCUT2D eigenvalue weighted by Crippen LogP contribution is 2.39. The molecule has 156 valence electrons. The predicted octanol–water partition coefficient (Wildman–Crippen LogP) is 4.77. The second-order valence-corrected chi connectivity index (χ2v) is 9.49. The molecule has 1 fully saturated rings. The first-order valence-corrected chi connectivity index (χ1v) is 11.5. The van der Waals surface area contributed by atoms with Gasteiger partial charge in [-0.05, 0) is 67.4 Å². The zero-order valence-electron chi connectivity index (χ0n) is 17.7. The summed E-state index contributed by atoms with van der Waals surface area (Å²) in [6, 6.07) is 17.0. The molecule has 1 aliphatic rings. The lowest BCUT2D eigenvalue weighted by Gasteiger charge is -2.30. The van der Waals surface area contributed by atoms with E-state index < -0.39 is 5.41 Å². The third kappa shape index (κ3) is 4.63. The lowest BCUT2D eigenvalue weighted by molar-refractivity contribution is -0.131. The summed E-state index contributed by atoms with van der Waals surface area (Å²) in [5.74, 6) is 0.173. The molecule has 4 rings (SSSR count). The summed E-state index contributed by atoms with van der Waals surface area (Å²) in [5.41, 5.74) is 3.27. The van der Waals surface area contributed by atoms with Gasteiger partial charge in [0.1, 0.15) is 0 Å². The van der Waals surface area contributed by atoms with Crippen molar-refractivity contribution in [1.29, 1.82) is 0 Å². The maximum absolute atomic E-state index is 13.4. The number of carbonyl (C=O) groups is 1. The van der Waals surface area contributed by atoms with E-state index in [1.807, 2.05) is 26.1 Å². The van der Waals surface area contributed by atoms with Crippen molar-refractivity contribution in [3.8, 4) is 10.4 Å². The zero-order valence-corrected chi connectivity index (χ0v) is 18.5. The number of carbonyl (C=O) groups excluding carboxylic acids is 1. The standard InChI is InChI=1S/C25H29N3OS/c1-19(2)27-24(29)25(11-13-28(18-25)17-20-7-5-12-26-16-20)15-21-8-3-4-9-22(21)23-10-6-14-30-23/h3-10,12,14,16,19H,11,13,15,17-18H2,1-2H3,(H,27,29)/t25-/m0/s1. The Labute approximate surface area is 183 Å². The van der Waals surface area contributed by atoms with E-state index in [1.54, 1.807) is 17.5 Å². The van der Waals surface area contributed by atoms with E-state index in [4.69, 9.17) is 0 Å². The smallest absolute Gasteiger partial charge is 0.228 e. The summed E-state index contributed by atoms with van der Waals surface area (Å²) in [6.45, 7) is 6.58. The molecule has 0 spiro atoms. The van der Waals surface area contributed by atoms with Crippen LogP contribution in [-0.2, 0) is 17.8 Å². The molecule has 0 unspecified atom stereocenters. The molecule has 5 heteroatoms. The average molecular weight is 420 g/mol. The zero-order chi connectivity index (χ0) is 21.0. The van der Waals surface area contributed by atoms with E-state index in [0.29, 0.717) is 0 Å². The molecule has 1 N–H and O–H groups in total. The summed E-state index contributed by atoms with van der Waals surface area (Å²) in [7, 11) is 0. The second-order valence-electron chi connectivity index (χ2n) is 8.54. The van der Waals surface area contributed by atoms with Crippen molar-refractivity contribution < 1.29 is 4.79 Å². The van der Waals surface area contributed by atoms with Gasteiger partial charge in [-0.2, -0.15) is 0 Å². The number of benzene rings is 1. The number of rotatable bonds is 7. The Morgan fingerprint density at radius 2 is 2.07 bits per heavy atom. The van der Waals surface area contributed by atoms with Gasteiger partial charge in [-0.1, -0.05) is 36.4 Å². The Morgan fingerprint density at radius 3 is 2.80 bits per heavy atom. The maximum atomic E-state index is 13.4. The first kappa shape index (κ1) is 20.8. The fourth-order valence-corrected chi connectivity index (χ4v) is 5.17. The minimum absolute atomic E-state index is 0.134. The third-order valence-corrected chi connectivity index (χ3v) is 6.70. The van der Waals surface area contributed by atoms with Crippen LogP contribution in [0.2, 0.25) is 0 Å². The highest BCUT2D eigenvalue weighted by Gasteiger charge is 2.45. The molecule has 3 aromatic rings. The van der Waals surface area contributed by atoms with Gasteiger partial charge in [0.15, 0.2) is 0 Å². The van der Waals surface area contributed by atoms with Crippen molar-refractivity contribution >= 4 is 17.2 Å². The third-order valence-electron chi connectivity index (χ3n) is 5.80. The molecule has 2 aromatic heterocycles. The van der Waals surface area contributed by atoms with Crippen LogP contribution < -0.4 is 5.32 Å². The van der Waals surface area contributed by atoms with Crippen LogP contribution in [0.3, 0.4) is 0 Å². The van der Waals surface area contributed by atoms with Crippen LogP contribution in [0.15, 0.2) is 66.3 Å². The monoisotopic (exact) mass is 419 g/mol. The van der Waals surface area contributed by atoms with Gasteiger partial charge in [0.25, 0.3) is 0 Å². The van der Waals surface area contributed by atoms with E-state index in [-0.39, 0.29) is 11.9 Å². The molecule has 3 heterocycles. The lowest BCUT2D eigenvalue weighted by Crippen LogP contribution is -2.46. The van der Waals surface area contributed by atoms with E-state index in [0.717, 1.165) is 32.5 Å². The molecular formula is C25H29N3OS. The number of thiophene rings is 1. The molecule has 1 amide bonds. The molecule has 0 aliphatic carbocycles. The fourth-order valence-electron chi connectivity index (χ4n) is 4.38. The Morgan fingerprint density at radius 1 is 1.20 bits per heavy atom. The van der Waals surface area contributed by atoms with Crippen LogP contribution in [0.1, 0.15) is 31.4 Å². The maximum Gasteiger partial charge on any atom is 0.228 e. The SMILES string of the molecule is CC(C)NC(=O)[C@]1(Cc2ccccc2-c2cccs2)CCN(Cc2cccnc2)C1. The number of hydrogen-bond donors (Lipinski definition) is 1. The van der Waals surface area contributed by atoms with E-state index in [9.17, 15) is 4.79 Å². The van der Waals surface area contributed by atoms with Crippen LogP contribution in [-0.4, -0.2) is 34.9 Å². The van der Waals surface area contributed by atoms with Crippen LogP contribution in [0.25, 0.3) is 10.4 Å². The number of likely N-dealkylation sites (tertiary alicyclic amines) is 1. The molecule has 1 aromatic carbocycles. The number of aromatic nitrogens is 1. The van der Waals surface area contributed by atoms with Crippen molar-refractivity contribution in [3.63, 3.8) is 0 Å². The van der Waals surface area contributed by atoms with Crippen molar-refractivity contribution in [1.82, 2.24) is 15.2 Å². The van der Waals surface area contributed by atoms with Crippen molar-refractivity contribution in [2.45, 2.75) is 39.3 Å². The van der Waals surface area contributed by atoms with Crippen LogP contribution >= 0.6 is 11.3 Å². The molecule has 0 bridgehead atoms. The summed E-state index contributed by atoms with van der Waals surface area (Å²) in [4.78, 5) is 21.3. The largest absolute Gasteiger partial charge is 0.353 e. The molecule has 0 radical (unpaired) electrons. The van der Waals surface area contributed by atoms with Crippen LogP contribution in [0, 0.1) is 5.41 Å². The Balaban J connectivity index is 1.61. The lowest BCUT2D eigenvalue weighted by atomic mass is 9.78. The first-order chi connectivity index (χ1) is 14.6. The second kappa shape index (κ2) is 9.11. The van der Waals surface area contributed by atoms with Gasteiger partial charge in [-0.3, -0.25) is 14.7 Å². The Kier molecular flexibility index (Phi) is 6.30. The average Bonchev–Trinajstić information content (AvgIpc) is 3.40. The van der Waals surface area contributed by atoms with Gasteiger partial charge in [-0.15, -0.1) is 11.3 Å². The van der Waals surface area contributed by atoms with E-state index in [1.165, 1.54) is 21.6 Å². The number of nitrogens with zero attached hydrogens (tertiary/aromatic N) is 2. The number of pyridine rings is 1. The molecule has 1 aliphatic heterocycles. The summed E-state index contributed by atoms with van der Waals surface area (Å²) >= 11 is 1.75. The Bertz CT molecular complexity index is 971. The number of amides is 1. The van der Waals surface area contributed by atoms with Gasteiger partial charge in [0, 0.05) is 36.4 Å². The molecule has 0 saturated carbocycles. The molecular weight excluding hydrogens is 390 g/mol. The number of hydrogen-bond acceptors (Lipinski definition) is 4. The van der Waals surface area contributed by atoms with Gasteiger partial charge >= 0.3 is 0 Å². The minimum atomic E-state index is -0.417. The van der Waals surface area contributed by atoms with Gasteiger partial charge < -0.3 is 5.32 Å². The quantitative estimate of drug-likeness (QED) is 0.600. The van der Waals surface area contributed by atoms with Gasteiger partial charge in [0.05, 0.1) is 5.41 Å². The molecule has 4 nitrogen and oxygen atoms in total. The summed E-state index contributed by atoms with van der Waals surface area (Å²) in [5, 5.41) is 5.32. The van der Waals surface area contributed by atoms with Gasteiger partial charge in [0.2, 0.25) is 5.91 Å². The van der Waals surface area contributed by atoms with E-state index >= 15 is 0 Å². The van der Waals surface area contributed by atoms with Crippen LogP contribution in [0.5, 0.6) is 0 Å². The summed E-state index contributed by atoms with van der Waals surface area (Å²) in [6.07, 6.45) is 5.34. The highest BCUT2D eigenvalue weighted by atomic mass is 32.1. The molecule has 30 heavy (non-hydrogen) atoms. The van der Waals surface area contributed by atoms with Crippen LogP contribution in [0.4, 0.5) is 0 Å². The first-order valence-electron chi connectivity index (χ1n) is 10.6. The minimum Gasteiger partial charge on any atom is -0.353 e. The topological polar surface area (TPSA) is 45.2 Å². The van der Waals surface area contributed by atoms with Crippen molar-refractivity contribution in [2.75, 3.05) is 13.1 Å². The molecule has 1 saturated heterocycles. The van der Waals surface area contributed by atoms with E-state index in [2.05, 4.69) is 63.0 Å². The predicted molar refractivity (Wildman–Crippen MR) is 123 cm³/mol. The van der Waals surface area contributed by atoms with Crippen molar-refractivity contribution in [2.24, 2.45) is 5.41 Å². The normalized spacial score (nSPS) is 19.3. The molecule has 1 atom stereocenters. The van der Waals surface area contributed by atoms with Gasteiger partial charge in [-0.25, -0.2) is 0 Å². The van der Waals surface area contributed by atoms with Crippen molar-refractivity contribution in [3.05, 3.63) is 77.4 Å². The number of nitrogens with one attached hydrogen (secondary N) is 1.